The number of fused-ring (bicyclic) bond motifs is 1. The van der Waals surface area contributed by atoms with Crippen LogP contribution in [-0.4, -0.2) is 54.4 Å². The molecule has 234 valence electrons. The first-order valence-electron chi connectivity index (χ1n) is 14.3. The first-order valence-corrected chi connectivity index (χ1v) is 14.3. The Labute approximate surface area is 259 Å². The highest BCUT2D eigenvalue weighted by Crippen LogP contribution is 2.35. The van der Waals surface area contributed by atoms with E-state index >= 15 is 0 Å². The first-order chi connectivity index (χ1) is 21.8. The summed E-state index contributed by atoms with van der Waals surface area (Å²) in [6.07, 6.45) is 2.31. The molecule has 0 unspecified atom stereocenters. The van der Waals surface area contributed by atoms with Crippen molar-refractivity contribution >= 4 is 29.1 Å². The SMILES string of the molecule is CCOc1cc([C@H]2NC(=O)NC(C)=C2C(=O)OC)ccc1OC[C@@H](O)N/N=C/c1cn(Cc2ccccc2F)c2ccccc12. The summed E-state index contributed by atoms with van der Waals surface area (Å²) in [5, 5.41) is 21.0. The number of aliphatic hydroxyl groups is 1. The van der Waals surface area contributed by atoms with Gasteiger partial charge in [-0.1, -0.05) is 42.5 Å². The molecule has 1 aliphatic rings. The number of hydrazone groups is 1. The number of ether oxygens (including phenoxy) is 3. The number of carbonyl (C=O) groups is 2. The Morgan fingerprint density at radius 2 is 1.91 bits per heavy atom. The molecule has 4 aromatic rings. The number of hydrogen-bond donors (Lipinski definition) is 4. The van der Waals surface area contributed by atoms with Gasteiger partial charge in [0, 0.05) is 33.9 Å². The number of aromatic nitrogens is 1. The summed E-state index contributed by atoms with van der Waals surface area (Å²) in [5.74, 6) is -0.133. The van der Waals surface area contributed by atoms with E-state index in [0.29, 0.717) is 41.5 Å². The van der Waals surface area contributed by atoms with Crippen LogP contribution in [0.4, 0.5) is 9.18 Å². The number of hydrogen-bond acceptors (Lipinski definition) is 8. The summed E-state index contributed by atoms with van der Waals surface area (Å²) in [6.45, 7) is 3.95. The van der Waals surface area contributed by atoms with Gasteiger partial charge in [-0.15, -0.1) is 0 Å². The van der Waals surface area contributed by atoms with Crippen molar-refractivity contribution in [1.82, 2.24) is 20.6 Å². The van der Waals surface area contributed by atoms with Gasteiger partial charge >= 0.3 is 12.0 Å². The second kappa shape index (κ2) is 14.0. The van der Waals surface area contributed by atoms with Crippen LogP contribution >= 0.6 is 0 Å². The zero-order valence-electron chi connectivity index (χ0n) is 25.0. The standard InChI is InChI=1S/C33H34FN5O6/c1-4-44-28-15-21(31-30(32(41)43-3)20(2)36-33(42)37-31)13-14-27(28)45-19-29(40)38-35-16-23-18-39(26-12-8-6-10-24(23)26)17-22-9-5-7-11-25(22)34/h5-16,18,29,31,38,40H,4,17,19H2,1-3H3,(H2,36,37,42)/b35-16+/t29-,31-/m1/s1. The highest BCUT2D eigenvalue weighted by atomic mass is 19.1. The number of allylic oxidation sites excluding steroid dienone is 1. The van der Waals surface area contributed by atoms with E-state index in [4.69, 9.17) is 14.2 Å². The van der Waals surface area contributed by atoms with E-state index in [1.54, 1.807) is 49.5 Å². The minimum absolute atomic E-state index is 0.164. The molecule has 2 heterocycles. The van der Waals surface area contributed by atoms with Crippen molar-refractivity contribution in [2.45, 2.75) is 32.7 Å². The van der Waals surface area contributed by atoms with Crippen molar-refractivity contribution in [1.29, 1.82) is 0 Å². The van der Waals surface area contributed by atoms with Crippen LogP contribution in [0.5, 0.6) is 11.5 Å². The quantitative estimate of drug-likeness (QED) is 0.0806. The molecule has 5 rings (SSSR count). The number of nitrogens with one attached hydrogen (secondary N) is 3. The Balaban J connectivity index is 1.26. The largest absolute Gasteiger partial charge is 0.490 e. The number of nitrogens with zero attached hydrogens (tertiary/aromatic N) is 2. The summed E-state index contributed by atoms with van der Waals surface area (Å²) in [6, 6.07) is 18.2. The van der Waals surface area contributed by atoms with E-state index in [1.807, 2.05) is 42.0 Å². The summed E-state index contributed by atoms with van der Waals surface area (Å²) in [4.78, 5) is 24.6. The Bertz CT molecular complexity index is 1770. The van der Waals surface area contributed by atoms with Crippen LogP contribution in [-0.2, 0) is 16.1 Å². The summed E-state index contributed by atoms with van der Waals surface area (Å²) < 4.78 is 32.8. The Hall–Kier alpha value is -5.36. The maximum Gasteiger partial charge on any atom is 0.337 e. The smallest absolute Gasteiger partial charge is 0.337 e. The van der Waals surface area contributed by atoms with Crippen molar-refractivity contribution in [2.24, 2.45) is 5.10 Å². The minimum Gasteiger partial charge on any atom is -0.490 e. The lowest BCUT2D eigenvalue weighted by atomic mass is 9.95. The number of halogens is 1. The molecule has 0 radical (unpaired) electrons. The Morgan fingerprint density at radius 3 is 2.69 bits per heavy atom. The summed E-state index contributed by atoms with van der Waals surface area (Å²) in [7, 11) is 1.27. The van der Waals surface area contributed by atoms with Gasteiger partial charge < -0.3 is 34.5 Å². The van der Waals surface area contributed by atoms with Crippen LogP contribution in [0.1, 0.15) is 36.6 Å². The fourth-order valence-corrected chi connectivity index (χ4v) is 5.13. The average Bonchev–Trinajstić information content (AvgIpc) is 3.38. The lowest BCUT2D eigenvalue weighted by molar-refractivity contribution is -0.136. The molecule has 3 aromatic carbocycles. The molecule has 45 heavy (non-hydrogen) atoms. The maximum atomic E-state index is 14.3. The van der Waals surface area contributed by atoms with E-state index in [0.717, 1.165) is 16.5 Å². The van der Waals surface area contributed by atoms with Crippen LogP contribution < -0.4 is 25.5 Å². The summed E-state index contributed by atoms with van der Waals surface area (Å²) >= 11 is 0. The lowest BCUT2D eigenvalue weighted by Crippen LogP contribution is -2.45. The van der Waals surface area contributed by atoms with Crippen LogP contribution in [0.3, 0.4) is 0 Å². The number of aliphatic hydroxyl groups excluding tert-OH is 1. The van der Waals surface area contributed by atoms with Crippen molar-refractivity contribution in [3.05, 3.63) is 107 Å². The molecule has 2 atom stereocenters. The predicted octanol–water partition coefficient (Wildman–Crippen LogP) is 4.35. The normalized spacial score (nSPS) is 15.5. The highest BCUT2D eigenvalue weighted by Gasteiger charge is 2.32. The van der Waals surface area contributed by atoms with Crippen LogP contribution in [0, 0.1) is 5.82 Å². The number of esters is 1. The van der Waals surface area contributed by atoms with E-state index in [1.165, 1.54) is 13.2 Å². The number of amides is 2. The third kappa shape index (κ3) is 7.07. The van der Waals surface area contributed by atoms with Gasteiger partial charge in [-0.2, -0.15) is 5.10 Å². The van der Waals surface area contributed by atoms with E-state index in [9.17, 15) is 19.1 Å². The third-order valence-corrected chi connectivity index (χ3v) is 7.22. The zero-order chi connectivity index (χ0) is 31.9. The van der Waals surface area contributed by atoms with Crippen molar-refractivity contribution in [3.63, 3.8) is 0 Å². The minimum atomic E-state index is -1.16. The fraction of sp³-hybridized carbons (Fsp3) is 0.242. The number of benzene rings is 3. The van der Waals surface area contributed by atoms with Gasteiger partial charge in [0.25, 0.3) is 0 Å². The second-order valence-corrected chi connectivity index (χ2v) is 10.2. The molecule has 0 aliphatic carbocycles. The second-order valence-electron chi connectivity index (χ2n) is 10.2. The van der Waals surface area contributed by atoms with Crippen LogP contribution in [0.15, 0.2) is 89.3 Å². The molecule has 4 N–H and O–H groups in total. The van der Waals surface area contributed by atoms with Crippen molar-refractivity contribution in [2.75, 3.05) is 20.3 Å². The van der Waals surface area contributed by atoms with Gasteiger partial charge in [0.2, 0.25) is 0 Å². The zero-order valence-corrected chi connectivity index (χ0v) is 25.0. The number of methoxy groups -OCH3 is 1. The molecular formula is C33H34FN5O6. The Kier molecular flexibility index (Phi) is 9.64. The van der Waals surface area contributed by atoms with Crippen LogP contribution in [0.2, 0.25) is 0 Å². The van der Waals surface area contributed by atoms with Gasteiger partial charge in [0.15, 0.2) is 17.7 Å². The van der Waals surface area contributed by atoms with Crippen LogP contribution in [0.25, 0.3) is 10.9 Å². The summed E-state index contributed by atoms with van der Waals surface area (Å²) in [5.41, 5.74) is 6.18. The van der Waals surface area contributed by atoms with Gasteiger partial charge in [0.05, 0.1) is 38.1 Å². The van der Waals surface area contributed by atoms with Gasteiger partial charge in [0.1, 0.15) is 12.4 Å². The molecule has 1 aromatic heterocycles. The third-order valence-electron chi connectivity index (χ3n) is 7.22. The van der Waals surface area contributed by atoms with Gasteiger partial charge in [-0.3, -0.25) is 5.43 Å². The highest BCUT2D eigenvalue weighted by molar-refractivity contribution is 5.99. The molecule has 0 spiro atoms. The lowest BCUT2D eigenvalue weighted by Gasteiger charge is -2.28. The van der Waals surface area contributed by atoms with E-state index < -0.39 is 24.3 Å². The number of para-hydroxylation sites is 1. The number of rotatable bonds is 12. The molecule has 11 nitrogen and oxygen atoms in total. The number of urea groups is 1. The topological polar surface area (TPSA) is 135 Å². The average molecular weight is 616 g/mol. The molecule has 0 saturated heterocycles. The van der Waals surface area contributed by atoms with Gasteiger partial charge in [-0.25, -0.2) is 14.0 Å². The molecule has 0 bridgehead atoms. The molecular weight excluding hydrogens is 581 g/mol. The number of carbonyl (C=O) groups excluding carboxylic acids is 2. The molecule has 0 fully saturated rings. The molecule has 0 saturated carbocycles. The van der Waals surface area contributed by atoms with Crippen molar-refractivity contribution in [3.8, 4) is 11.5 Å². The maximum absolute atomic E-state index is 14.3. The molecule has 1 aliphatic heterocycles. The van der Waals surface area contributed by atoms with E-state index in [2.05, 4.69) is 21.2 Å². The predicted molar refractivity (Wildman–Crippen MR) is 166 cm³/mol. The first kappa shape index (κ1) is 31.1. The van der Waals surface area contributed by atoms with E-state index in [-0.39, 0.29) is 18.0 Å². The Morgan fingerprint density at radius 1 is 1.13 bits per heavy atom. The van der Waals surface area contributed by atoms with Crippen molar-refractivity contribution < 1.29 is 33.3 Å². The van der Waals surface area contributed by atoms with Gasteiger partial charge in [-0.05, 0) is 43.7 Å². The fourth-order valence-electron chi connectivity index (χ4n) is 5.13. The monoisotopic (exact) mass is 615 g/mol. The molecule has 2 amide bonds. The molecule has 12 heteroatoms.